The molecule has 5 aliphatic rings. The molecule has 4 bridgehead atoms. The van der Waals surface area contributed by atoms with Gasteiger partial charge in [0.05, 0.1) is 12.2 Å². The van der Waals surface area contributed by atoms with Gasteiger partial charge in [0.1, 0.15) is 0 Å². The van der Waals surface area contributed by atoms with Gasteiger partial charge in [-0.15, -0.1) is 0 Å². The second kappa shape index (κ2) is 5.25. The highest BCUT2D eigenvalue weighted by Crippen LogP contribution is 2.68. The summed E-state index contributed by atoms with van der Waals surface area (Å²) < 4.78 is 6.19. The first-order valence-corrected chi connectivity index (χ1v) is 9.79. The second-order valence-electron chi connectivity index (χ2n) is 9.26. The van der Waals surface area contributed by atoms with E-state index in [0.717, 1.165) is 30.3 Å². The average molecular weight is 290 g/mol. The first kappa shape index (κ1) is 14.5. The van der Waals surface area contributed by atoms with Crippen molar-refractivity contribution in [3.8, 4) is 0 Å². The molecule has 1 heterocycles. The number of ether oxygens (including phenoxy) is 1. The lowest BCUT2D eigenvalue weighted by Gasteiger charge is -2.61. The molecule has 21 heavy (non-hydrogen) atoms. The van der Waals surface area contributed by atoms with Gasteiger partial charge in [-0.05, 0) is 67.6 Å². The predicted molar refractivity (Wildman–Crippen MR) is 87.2 cm³/mol. The molecule has 120 valence electrons. The molecular weight excluding hydrogens is 256 g/mol. The fourth-order valence-electron chi connectivity index (χ4n) is 7.11. The van der Waals surface area contributed by atoms with Crippen LogP contribution in [0.3, 0.4) is 0 Å². The molecular formula is C20H34O. The first-order valence-electron chi connectivity index (χ1n) is 9.79. The molecule has 4 unspecified atom stereocenters. The Morgan fingerprint density at radius 1 is 0.952 bits per heavy atom. The predicted octanol–water partition coefficient (Wildman–Crippen LogP) is 5.58. The van der Waals surface area contributed by atoms with Crippen LogP contribution in [0.2, 0.25) is 0 Å². The summed E-state index contributed by atoms with van der Waals surface area (Å²) in [6.45, 7) is 6.02. The van der Waals surface area contributed by atoms with Gasteiger partial charge in [-0.1, -0.05) is 46.0 Å². The quantitative estimate of drug-likeness (QED) is 0.440. The van der Waals surface area contributed by atoms with E-state index in [2.05, 4.69) is 13.8 Å². The lowest BCUT2D eigenvalue weighted by molar-refractivity contribution is -0.129. The molecule has 0 radical (unpaired) electrons. The normalized spacial score (nSPS) is 50.6. The lowest BCUT2D eigenvalue weighted by atomic mass is 9.43. The number of rotatable bonds is 7. The summed E-state index contributed by atoms with van der Waals surface area (Å²) in [6, 6.07) is 0. The average Bonchev–Trinajstić information content (AvgIpc) is 3.17. The van der Waals surface area contributed by atoms with Crippen molar-refractivity contribution in [1.29, 1.82) is 0 Å². The fourth-order valence-corrected chi connectivity index (χ4v) is 7.11. The van der Waals surface area contributed by atoms with Crippen LogP contribution < -0.4 is 0 Å². The van der Waals surface area contributed by atoms with Crippen molar-refractivity contribution < 1.29 is 4.74 Å². The van der Waals surface area contributed by atoms with E-state index in [-0.39, 0.29) is 0 Å². The van der Waals surface area contributed by atoms with Crippen molar-refractivity contribution in [1.82, 2.24) is 0 Å². The maximum absolute atomic E-state index is 6.19. The summed E-state index contributed by atoms with van der Waals surface area (Å²) in [4.78, 5) is 0. The van der Waals surface area contributed by atoms with E-state index in [0.29, 0.717) is 11.0 Å². The highest BCUT2D eigenvalue weighted by Gasteiger charge is 2.65. The largest absolute Gasteiger partial charge is 0.369 e. The van der Waals surface area contributed by atoms with Crippen LogP contribution in [0, 0.1) is 29.1 Å². The zero-order chi connectivity index (χ0) is 14.5. The molecule has 0 N–H and O–H groups in total. The van der Waals surface area contributed by atoms with Gasteiger partial charge in [-0.25, -0.2) is 0 Å². The Morgan fingerprint density at radius 3 is 2.19 bits per heavy atom. The van der Waals surface area contributed by atoms with Crippen LogP contribution in [-0.2, 0) is 4.74 Å². The standard InChI is InChI=1S/C20H34O/c1-3-4-5-6-7-8-20(14-21-20)18-17-10-15-9-16(11-17)13-19(18,2)12-15/h15-18H,3-14H2,1-2H3. The number of hydrogen-bond acceptors (Lipinski definition) is 1. The van der Waals surface area contributed by atoms with Crippen LogP contribution in [0.25, 0.3) is 0 Å². The third-order valence-corrected chi connectivity index (χ3v) is 7.46. The van der Waals surface area contributed by atoms with Crippen molar-refractivity contribution >= 4 is 0 Å². The highest BCUT2D eigenvalue weighted by molar-refractivity contribution is 5.14. The molecule has 1 aliphatic heterocycles. The van der Waals surface area contributed by atoms with Gasteiger partial charge >= 0.3 is 0 Å². The molecule has 4 atom stereocenters. The summed E-state index contributed by atoms with van der Waals surface area (Å²) in [5, 5.41) is 0. The van der Waals surface area contributed by atoms with Gasteiger partial charge in [-0.3, -0.25) is 0 Å². The van der Waals surface area contributed by atoms with Crippen molar-refractivity contribution in [3.63, 3.8) is 0 Å². The van der Waals surface area contributed by atoms with Gasteiger partial charge in [0, 0.05) is 0 Å². The van der Waals surface area contributed by atoms with E-state index in [1.807, 2.05) is 0 Å². The van der Waals surface area contributed by atoms with E-state index in [1.54, 1.807) is 6.42 Å². The van der Waals surface area contributed by atoms with E-state index in [1.165, 1.54) is 64.2 Å². The number of hydrogen-bond donors (Lipinski definition) is 0. The smallest absolute Gasteiger partial charge is 0.0952 e. The van der Waals surface area contributed by atoms with Crippen LogP contribution in [0.4, 0.5) is 0 Å². The first-order chi connectivity index (χ1) is 10.2. The van der Waals surface area contributed by atoms with E-state index >= 15 is 0 Å². The van der Waals surface area contributed by atoms with Gasteiger partial charge in [0.15, 0.2) is 0 Å². The zero-order valence-corrected chi connectivity index (χ0v) is 14.2. The Labute approximate surface area is 131 Å². The minimum atomic E-state index is 0.332. The maximum Gasteiger partial charge on any atom is 0.0952 e. The number of unbranched alkanes of at least 4 members (excludes halogenated alkanes) is 4. The van der Waals surface area contributed by atoms with Gasteiger partial charge < -0.3 is 4.74 Å². The third-order valence-electron chi connectivity index (χ3n) is 7.46. The molecule has 5 rings (SSSR count). The number of epoxide rings is 1. The van der Waals surface area contributed by atoms with Crippen LogP contribution in [-0.4, -0.2) is 12.2 Å². The SMILES string of the molecule is CCCCCCCC1(C2C3CC4CC(C3)CC2(C)C4)CO1. The van der Waals surface area contributed by atoms with Crippen molar-refractivity contribution in [2.24, 2.45) is 29.1 Å². The zero-order valence-electron chi connectivity index (χ0n) is 14.2. The molecule has 0 amide bonds. The lowest BCUT2D eigenvalue weighted by Crippen LogP contribution is -2.56. The minimum Gasteiger partial charge on any atom is -0.369 e. The Balaban J connectivity index is 1.41. The topological polar surface area (TPSA) is 12.5 Å². The van der Waals surface area contributed by atoms with E-state index in [9.17, 15) is 0 Å². The maximum atomic E-state index is 6.19. The van der Waals surface area contributed by atoms with Gasteiger partial charge in [0.2, 0.25) is 0 Å². The summed E-state index contributed by atoms with van der Waals surface area (Å²) in [5.41, 5.74) is 0.966. The van der Waals surface area contributed by atoms with Crippen molar-refractivity contribution in [2.45, 2.75) is 90.1 Å². The second-order valence-corrected chi connectivity index (χ2v) is 9.26. The summed E-state index contributed by atoms with van der Waals surface area (Å²) in [6.07, 6.45) is 16.1. The molecule has 1 heteroatoms. The molecule has 5 fully saturated rings. The Morgan fingerprint density at radius 2 is 1.62 bits per heavy atom. The molecule has 1 saturated heterocycles. The summed E-state index contributed by atoms with van der Waals surface area (Å²) >= 11 is 0. The highest BCUT2D eigenvalue weighted by atomic mass is 16.6. The minimum absolute atomic E-state index is 0.332. The fraction of sp³-hybridized carbons (Fsp3) is 1.00. The third kappa shape index (κ3) is 2.48. The molecule has 4 aliphatic carbocycles. The Hall–Kier alpha value is -0.0400. The monoisotopic (exact) mass is 290 g/mol. The van der Waals surface area contributed by atoms with Crippen molar-refractivity contribution in [3.05, 3.63) is 0 Å². The Bertz CT molecular complexity index is 369. The van der Waals surface area contributed by atoms with Crippen molar-refractivity contribution in [2.75, 3.05) is 6.61 Å². The molecule has 0 aromatic heterocycles. The van der Waals surface area contributed by atoms with Crippen LogP contribution >= 0.6 is 0 Å². The molecule has 4 saturated carbocycles. The molecule has 0 aromatic rings. The molecule has 1 nitrogen and oxygen atoms in total. The van der Waals surface area contributed by atoms with Gasteiger partial charge in [0.25, 0.3) is 0 Å². The summed E-state index contributed by atoms with van der Waals surface area (Å²) in [5.74, 6) is 4.07. The van der Waals surface area contributed by atoms with Crippen LogP contribution in [0.5, 0.6) is 0 Å². The Kier molecular flexibility index (Phi) is 3.64. The van der Waals surface area contributed by atoms with E-state index in [4.69, 9.17) is 4.74 Å². The summed E-state index contributed by atoms with van der Waals surface area (Å²) in [7, 11) is 0. The van der Waals surface area contributed by atoms with E-state index < -0.39 is 0 Å². The van der Waals surface area contributed by atoms with Gasteiger partial charge in [-0.2, -0.15) is 0 Å². The van der Waals surface area contributed by atoms with Crippen LogP contribution in [0.1, 0.15) is 84.5 Å². The van der Waals surface area contributed by atoms with Crippen LogP contribution in [0.15, 0.2) is 0 Å². The molecule has 0 aromatic carbocycles. The molecule has 0 spiro atoms.